The van der Waals surface area contributed by atoms with Crippen LogP contribution in [-0.2, 0) is 28.6 Å². The maximum atomic E-state index is 13.4. The summed E-state index contributed by atoms with van der Waals surface area (Å²) in [6, 6.07) is 4.32. The molecule has 0 fully saturated rings. The lowest BCUT2D eigenvalue weighted by Gasteiger charge is -2.27. The van der Waals surface area contributed by atoms with Gasteiger partial charge in [-0.05, 0) is 31.5 Å². The highest BCUT2D eigenvalue weighted by Crippen LogP contribution is 2.21. The van der Waals surface area contributed by atoms with E-state index in [0.29, 0.717) is 0 Å². The number of carbonyl (C=O) groups excluding carboxylic acids is 3. The molecule has 0 unspecified atom stereocenters. The molecule has 2 aromatic heterocycles. The van der Waals surface area contributed by atoms with Gasteiger partial charge in [-0.1, -0.05) is 12.1 Å². The molecule has 3 rings (SSSR count). The highest BCUT2D eigenvalue weighted by Gasteiger charge is 2.33. The zero-order chi connectivity index (χ0) is 30.5. The van der Waals surface area contributed by atoms with E-state index in [0.717, 1.165) is 28.8 Å². The van der Waals surface area contributed by atoms with Gasteiger partial charge in [0.2, 0.25) is 11.6 Å². The van der Waals surface area contributed by atoms with Gasteiger partial charge in [0.25, 0.3) is 11.5 Å². The monoisotopic (exact) mass is 546 g/mol. The van der Waals surface area contributed by atoms with Crippen molar-refractivity contribution < 1.29 is 35.4 Å². The van der Waals surface area contributed by atoms with Gasteiger partial charge in [0.05, 0.1) is 14.9 Å². The number of Topliss-reactive ketones (excluding diaryl/α,β-unsaturated/α-hetero) is 1. The molecule has 2 amide bonds. The van der Waals surface area contributed by atoms with Crippen LogP contribution >= 0.6 is 0 Å². The van der Waals surface area contributed by atoms with E-state index in [1.165, 1.54) is 34.9 Å². The summed E-state index contributed by atoms with van der Waals surface area (Å²) in [5.41, 5.74) is -3.05. The van der Waals surface area contributed by atoms with Crippen molar-refractivity contribution in [2.45, 2.75) is 39.2 Å². The largest absolute Gasteiger partial charge is 0.478 e. The second-order valence-electron chi connectivity index (χ2n) is 8.84. The summed E-state index contributed by atoms with van der Waals surface area (Å²) in [6.45, 7) is 1.46. The van der Waals surface area contributed by atoms with Crippen molar-refractivity contribution in [3.8, 4) is 5.75 Å². The van der Waals surface area contributed by atoms with Crippen molar-refractivity contribution in [3.63, 3.8) is 0 Å². The molecule has 0 radical (unpaired) electrons. The molecule has 0 bridgehead atoms. The lowest BCUT2D eigenvalue weighted by atomic mass is 10.0. The van der Waals surface area contributed by atoms with Crippen LogP contribution in [0.25, 0.3) is 0 Å². The SMILES string of the molecule is [2H]C([2H])(NC(=O)c1nc(C(C)(C)NC(=O)c2nnc(C)o2)n(C)c(=O)c1OCC(=O)CCOC)c1ccc(F)cc1. The summed E-state index contributed by atoms with van der Waals surface area (Å²) in [6.07, 6.45) is -0.0226. The first-order chi connectivity index (χ1) is 19.2. The third kappa shape index (κ3) is 7.31. The molecule has 0 aliphatic rings. The number of aromatic nitrogens is 4. The smallest absolute Gasteiger partial charge is 0.309 e. The summed E-state index contributed by atoms with van der Waals surface area (Å²) in [5.74, 6) is -3.95. The zero-order valence-electron chi connectivity index (χ0n) is 24.0. The van der Waals surface area contributed by atoms with Gasteiger partial charge in [0.1, 0.15) is 18.2 Å². The van der Waals surface area contributed by atoms with Crippen LogP contribution in [-0.4, -0.2) is 57.7 Å². The van der Waals surface area contributed by atoms with Crippen molar-refractivity contribution in [1.82, 2.24) is 30.4 Å². The average molecular weight is 547 g/mol. The quantitative estimate of drug-likeness (QED) is 0.337. The number of ketones is 1. The minimum Gasteiger partial charge on any atom is -0.478 e. The second-order valence-corrected chi connectivity index (χ2v) is 8.84. The van der Waals surface area contributed by atoms with Crippen LogP contribution in [0.5, 0.6) is 5.75 Å². The molecule has 0 saturated heterocycles. The number of hydrogen-bond donors (Lipinski definition) is 2. The molecule has 0 atom stereocenters. The van der Waals surface area contributed by atoms with Crippen LogP contribution in [0.2, 0.25) is 0 Å². The van der Waals surface area contributed by atoms with E-state index in [1.807, 2.05) is 0 Å². The number of aryl methyl sites for hydroxylation is 1. The predicted molar refractivity (Wildman–Crippen MR) is 134 cm³/mol. The third-order valence-corrected chi connectivity index (χ3v) is 5.30. The Morgan fingerprint density at radius 3 is 2.49 bits per heavy atom. The maximum Gasteiger partial charge on any atom is 0.309 e. The summed E-state index contributed by atoms with van der Waals surface area (Å²) in [5, 5.41) is 12.0. The summed E-state index contributed by atoms with van der Waals surface area (Å²) >= 11 is 0. The summed E-state index contributed by atoms with van der Waals surface area (Å²) < 4.78 is 46.4. The Morgan fingerprint density at radius 1 is 1.18 bits per heavy atom. The van der Waals surface area contributed by atoms with E-state index in [1.54, 1.807) is 0 Å². The van der Waals surface area contributed by atoms with E-state index in [4.69, 9.17) is 16.6 Å². The first-order valence-corrected chi connectivity index (χ1v) is 11.6. The molecule has 39 heavy (non-hydrogen) atoms. The Labute approximate surface area is 225 Å². The van der Waals surface area contributed by atoms with Crippen molar-refractivity contribution in [1.29, 1.82) is 0 Å². The molecule has 0 saturated carbocycles. The fraction of sp³-hybridized carbons (Fsp3) is 0.400. The van der Waals surface area contributed by atoms with Gasteiger partial charge < -0.3 is 24.5 Å². The Hall–Kier alpha value is -4.46. The molecule has 208 valence electrons. The number of nitrogens with one attached hydrogen (secondary N) is 2. The zero-order valence-corrected chi connectivity index (χ0v) is 22.0. The van der Waals surface area contributed by atoms with E-state index in [2.05, 4.69) is 25.8 Å². The van der Waals surface area contributed by atoms with Crippen LogP contribution < -0.4 is 20.9 Å². The standard InChI is InChI=1S/C25H29FN6O7/c1-14-30-31-22(39-14)21(35)29-25(2,3)24-28-18(20(34)27-12-15-6-8-16(26)9-7-15)19(23(36)32(24)4)38-13-17(33)10-11-37-5/h6-9H,10-13H2,1-5H3,(H,27,34)(H,29,35)/i12D2. The van der Waals surface area contributed by atoms with Gasteiger partial charge in [0, 0.05) is 34.0 Å². The molecule has 0 aliphatic heterocycles. The van der Waals surface area contributed by atoms with Gasteiger partial charge in [0.15, 0.2) is 11.5 Å². The number of nitrogens with zero attached hydrogens (tertiary/aromatic N) is 4. The van der Waals surface area contributed by atoms with Gasteiger partial charge in [-0.25, -0.2) is 9.37 Å². The first-order valence-electron chi connectivity index (χ1n) is 12.6. The molecular formula is C25H29FN6O7. The normalized spacial score (nSPS) is 12.4. The van der Waals surface area contributed by atoms with Crippen molar-refractivity contribution >= 4 is 17.6 Å². The van der Waals surface area contributed by atoms with E-state index < -0.39 is 59.1 Å². The molecule has 0 spiro atoms. The molecule has 13 nitrogen and oxygen atoms in total. The predicted octanol–water partition coefficient (Wildman–Crippen LogP) is 1.19. The van der Waals surface area contributed by atoms with Crippen molar-refractivity contribution in [2.24, 2.45) is 7.05 Å². The molecule has 3 aromatic rings. The number of benzene rings is 1. The fourth-order valence-electron chi connectivity index (χ4n) is 3.37. The number of rotatable bonds is 12. The van der Waals surface area contributed by atoms with E-state index in [-0.39, 0.29) is 36.2 Å². The number of carbonyl (C=O) groups is 3. The van der Waals surface area contributed by atoms with Gasteiger partial charge in [-0.2, -0.15) is 0 Å². The molecule has 2 heterocycles. The molecule has 0 aliphatic carbocycles. The van der Waals surface area contributed by atoms with Gasteiger partial charge in [-0.15, -0.1) is 10.2 Å². The number of amides is 2. The Balaban J connectivity index is 2.04. The summed E-state index contributed by atoms with van der Waals surface area (Å²) in [4.78, 5) is 56.0. The van der Waals surface area contributed by atoms with Crippen LogP contribution in [0, 0.1) is 12.7 Å². The van der Waals surface area contributed by atoms with Crippen LogP contribution in [0.3, 0.4) is 0 Å². The van der Waals surface area contributed by atoms with E-state index >= 15 is 0 Å². The number of ether oxygens (including phenoxy) is 2. The Bertz CT molecular complexity index is 1510. The molecule has 2 N–H and O–H groups in total. The molecule has 1 aromatic carbocycles. The highest BCUT2D eigenvalue weighted by atomic mass is 19.1. The maximum absolute atomic E-state index is 13.4. The minimum absolute atomic E-state index is 0.0226. The van der Waals surface area contributed by atoms with Crippen molar-refractivity contribution in [3.05, 3.63) is 69.3 Å². The minimum atomic E-state index is -2.53. The summed E-state index contributed by atoms with van der Waals surface area (Å²) in [7, 11) is 2.72. The van der Waals surface area contributed by atoms with Crippen LogP contribution in [0.1, 0.15) is 61.5 Å². The topological polar surface area (TPSA) is 168 Å². The number of halogens is 1. The fourth-order valence-corrected chi connectivity index (χ4v) is 3.37. The van der Waals surface area contributed by atoms with Gasteiger partial charge >= 0.3 is 11.8 Å². The van der Waals surface area contributed by atoms with Crippen molar-refractivity contribution in [2.75, 3.05) is 20.3 Å². The highest BCUT2D eigenvalue weighted by molar-refractivity contribution is 5.95. The van der Waals surface area contributed by atoms with Crippen LogP contribution in [0.15, 0.2) is 33.5 Å². The Kier molecular flexibility index (Phi) is 8.31. The average Bonchev–Trinajstić information content (AvgIpc) is 3.34. The van der Waals surface area contributed by atoms with Gasteiger partial charge in [-0.3, -0.25) is 23.7 Å². The third-order valence-electron chi connectivity index (χ3n) is 5.30. The lowest BCUT2D eigenvalue weighted by Crippen LogP contribution is -2.46. The van der Waals surface area contributed by atoms with Crippen LogP contribution in [0.4, 0.5) is 4.39 Å². The number of methoxy groups -OCH3 is 1. The molecule has 14 heteroatoms. The Morgan fingerprint density at radius 2 is 1.87 bits per heavy atom. The first kappa shape index (κ1) is 26.2. The molecular weight excluding hydrogens is 515 g/mol. The lowest BCUT2D eigenvalue weighted by molar-refractivity contribution is -0.121. The van der Waals surface area contributed by atoms with E-state index in [9.17, 15) is 23.6 Å². The number of hydrogen-bond acceptors (Lipinski definition) is 10. The second kappa shape index (κ2) is 12.4.